The van der Waals surface area contributed by atoms with Gasteiger partial charge in [0, 0.05) is 75.4 Å². The number of ether oxygens (including phenoxy) is 11. The number of carbonyl (C=O) groups excluding carboxylic acids is 1. The molecule has 0 bridgehead atoms. The van der Waals surface area contributed by atoms with Crippen LogP contribution in [0.3, 0.4) is 0 Å². The molecule has 0 saturated carbocycles. The Bertz CT molecular complexity index is 1250. The number of sulfonamides is 1. The molecular formula is C27H42N2O16S. The Morgan fingerprint density at radius 3 is 1.93 bits per heavy atom. The van der Waals surface area contributed by atoms with E-state index in [-0.39, 0.29) is 23.7 Å². The molecule has 10 atom stereocenters. The normalized spacial score (nSPS) is 33.4. The van der Waals surface area contributed by atoms with Gasteiger partial charge >= 0.3 is 5.97 Å². The van der Waals surface area contributed by atoms with E-state index >= 15 is 0 Å². The van der Waals surface area contributed by atoms with Crippen molar-refractivity contribution in [2.75, 3.05) is 62.9 Å². The highest BCUT2D eigenvalue weighted by Crippen LogP contribution is 2.39. The van der Waals surface area contributed by atoms with Crippen LogP contribution in [0.1, 0.15) is 6.92 Å². The quantitative estimate of drug-likeness (QED) is 0.138. The standard InChI is InChI=1S/C27H42N2O16S/c1-15(30)44-27(14-35-2)24(40-7)21(37-4)23(39-6)26(45-27)43-19-18(42-25(41-8)22(38-5)20(19)36-3)13-28-46(33,34)17-11-9-16(10-12-17)29(31)32/h9-12,18-26,28H,13-14H2,1-8H3/t18-,19-,20+,21-,22-,23+,24+,25+,26+,27-/m1/s1. The second kappa shape index (κ2) is 16.6. The smallest absolute Gasteiger partial charge is 0.305 e. The molecule has 0 spiro atoms. The van der Waals surface area contributed by atoms with Crippen molar-refractivity contribution in [2.45, 2.75) is 72.9 Å². The fourth-order valence-electron chi connectivity index (χ4n) is 5.59. The SMILES string of the molecule is COC[C@@]1(OC(C)=O)O[C@H](O[C@H]2[C@H](OC)[C@@H](OC)[C@@H](OC)O[C@@H]2CNS(=O)(=O)c2ccc([N+](=O)[O-])cc2)[C@@H](OC)[C@@H](OC)[C@@H]1OC. The number of nitro groups is 1. The number of nitro benzene ring substituents is 1. The van der Waals surface area contributed by atoms with Crippen molar-refractivity contribution < 1.29 is 70.2 Å². The van der Waals surface area contributed by atoms with Crippen LogP contribution in [0.5, 0.6) is 0 Å². The second-order valence-corrected chi connectivity index (χ2v) is 12.0. The molecule has 1 aromatic carbocycles. The van der Waals surface area contributed by atoms with Gasteiger partial charge in [0.2, 0.25) is 10.0 Å². The van der Waals surface area contributed by atoms with E-state index in [1.165, 1.54) is 56.7 Å². The molecule has 3 rings (SSSR count). The van der Waals surface area contributed by atoms with E-state index in [1.807, 2.05) is 0 Å². The topological polar surface area (TPSA) is 208 Å². The number of nitrogens with one attached hydrogen (secondary N) is 1. The Morgan fingerprint density at radius 1 is 0.870 bits per heavy atom. The van der Waals surface area contributed by atoms with Crippen molar-refractivity contribution >= 4 is 21.7 Å². The zero-order chi connectivity index (χ0) is 34.2. The molecule has 1 aromatic rings. The van der Waals surface area contributed by atoms with Gasteiger partial charge in [0.05, 0.1) is 9.82 Å². The molecule has 2 fully saturated rings. The van der Waals surface area contributed by atoms with Crippen molar-refractivity contribution in [3.8, 4) is 0 Å². The summed E-state index contributed by atoms with van der Waals surface area (Å²) >= 11 is 0. The number of rotatable bonds is 16. The van der Waals surface area contributed by atoms with Gasteiger partial charge in [0.25, 0.3) is 11.5 Å². The van der Waals surface area contributed by atoms with Gasteiger partial charge < -0.3 is 52.1 Å². The first-order chi connectivity index (χ1) is 21.9. The maximum absolute atomic E-state index is 13.2. The number of carbonyl (C=O) groups is 1. The lowest BCUT2D eigenvalue weighted by Crippen LogP contribution is -2.71. The van der Waals surface area contributed by atoms with E-state index in [9.17, 15) is 23.3 Å². The summed E-state index contributed by atoms with van der Waals surface area (Å²) in [5.41, 5.74) is -0.275. The number of esters is 1. The van der Waals surface area contributed by atoms with E-state index in [1.54, 1.807) is 0 Å². The van der Waals surface area contributed by atoms with E-state index < -0.39 is 82.0 Å². The third-order valence-corrected chi connectivity index (χ3v) is 9.03. The Hall–Kier alpha value is -2.40. The van der Waals surface area contributed by atoms with Crippen LogP contribution in [0.15, 0.2) is 29.2 Å². The third kappa shape index (κ3) is 8.17. The average molecular weight is 683 g/mol. The summed E-state index contributed by atoms with van der Waals surface area (Å²) in [4.78, 5) is 22.4. The Kier molecular flexibility index (Phi) is 13.7. The number of methoxy groups -OCH3 is 7. The van der Waals surface area contributed by atoms with E-state index in [2.05, 4.69) is 4.72 Å². The minimum absolute atomic E-state index is 0.220. The zero-order valence-corrected chi connectivity index (χ0v) is 27.6. The predicted octanol–water partition coefficient (Wildman–Crippen LogP) is -0.0333. The summed E-state index contributed by atoms with van der Waals surface area (Å²) < 4.78 is 92.6. The Balaban J connectivity index is 2.01. The highest BCUT2D eigenvalue weighted by Gasteiger charge is 2.61. The number of non-ortho nitro benzene ring substituents is 1. The van der Waals surface area contributed by atoms with Gasteiger partial charge in [0.15, 0.2) is 18.7 Å². The lowest BCUT2D eigenvalue weighted by atomic mass is 9.94. The van der Waals surface area contributed by atoms with E-state index in [4.69, 9.17) is 52.1 Å². The molecule has 0 aliphatic carbocycles. The molecule has 262 valence electrons. The highest BCUT2D eigenvalue weighted by molar-refractivity contribution is 7.89. The molecule has 2 aliphatic rings. The van der Waals surface area contributed by atoms with Crippen LogP contribution in [-0.4, -0.2) is 143 Å². The van der Waals surface area contributed by atoms with Gasteiger partial charge in [-0.3, -0.25) is 14.9 Å². The van der Waals surface area contributed by atoms with E-state index in [0.29, 0.717) is 0 Å². The maximum Gasteiger partial charge on any atom is 0.305 e. The first-order valence-electron chi connectivity index (χ1n) is 13.9. The summed E-state index contributed by atoms with van der Waals surface area (Å²) in [6.07, 6.45) is -9.41. The van der Waals surface area contributed by atoms with Crippen molar-refractivity contribution in [2.24, 2.45) is 0 Å². The van der Waals surface area contributed by atoms with Crippen LogP contribution in [-0.2, 0) is 66.9 Å². The minimum atomic E-state index is -4.19. The minimum Gasteiger partial charge on any atom is -0.428 e. The molecule has 18 nitrogen and oxygen atoms in total. The molecule has 46 heavy (non-hydrogen) atoms. The van der Waals surface area contributed by atoms with Crippen LogP contribution >= 0.6 is 0 Å². The lowest BCUT2D eigenvalue weighted by Gasteiger charge is -2.52. The second-order valence-electron chi connectivity index (χ2n) is 10.3. The summed E-state index contributed by atoms with van der Waals surface area (Å²) in [7, 11) is 5.52. The van der Waals surface area contributed by atoms with Crippen LogP contribution in [0, 0.1) is 10.1 Å². The summed E-state index contributed by atoms with van der Waals surface area (Å²) in [6.45, 7) is 0.512. The zero-order valence-electron chi connectivity index (χ0n) is 26.8. The molecule has 0 radical (unpaired) electrons. The number of hydrogen-bond donors (Lipinski definition) is 1. The molecule has 1 N–H and O–H groups in total. The first kappa shape index (κ1) is 38.1. The van der Waals surface area contributed by atoms with Crippen molar-refractivity contribution in [1.29, 1.82) is 0 Å². The lowest BCUT2D eigenvalue weighted by molar-refractivity contribution is -0.421. The molecule has 19 heteroatoms. The fourth-order valence-corrected chi connectivity index (χ4v) is 6.64. The number of nitrogens with zero attached hydrogens (tertiary/aromatic N) is 1. The molecule has 0 amide bonds. The Morgan fingerprint density at radius 2 is 1.46 bits per heavy atom. The molecular weight excluding hydrogens is 640 g/mol. The van der Waals surface area contributed by atoms with Gasteiger partial charge in [-0.25, -0.2) is 13.1 Å². The number of benzene rings is 1. The number of hydrogen-bond acceptors (Lipinski definition) is 16. The van der Waals surface area contributed by atoms with Crippen LogP contribution in [0.4, 0.5) is 5.69 Å². The van der Waals surface area contributed by atoms with Gasteiger partial charge in [-0.05, 0) is 12.1 Å². The van der Waals surface area contributed by atoms with Gasteiger partial charge in [-0.1, -0.05) is 0 Å². The average Bonchev–Trinajstić information content (AvgIpc) is 3.03. The molecule has 0 aromatic heterocycles. The molecule has 2 aliphatic heterocycles. The maximum atomic E-state index is 13.2. The highest BCUT2D eigenvalue weighted by atomic mass is 32.2. The van der Waals surface area contributed by atoms with Crippen LogP contribution < -0.4 is 4.72 Å². The monoisotopic (exact) mass is 682 g/mol. The van der Waals surface area contributed by atoms with E-state index in [0.717, 1.165) is 24.3 Å². The van der Waals surface area contributed by atoms with Crippen LogP contribution in [0.25, 0.3) is 0 Å². The van der Waals surface area contributed by atoms with Gasteiger partial charge in [0.1, 0.15) is 43.2 Å². The third-order valence-electron chi connectivity index (χ3n) is 7.59. The van der Waals surface area contributed by atoms with Crippen LogP contribution in [0.2, 0.25) is 0 Å². The fraction of sp³-hybridized carbons (Fsp3) is 0.741. The molecule has 2 saturated heterocycles. The van der Waals surface area contributed by atoms with Crippen molar-refractivity contribution in [1.82, 2.24) is 4.72 Å². The van der Waals surface area contributed by atoms with Crippen molar-refractivity contribution in [3.63, 3.8) is 0 Å². The summed E-state index contributed by atoms with van der Waals surface area (Å²) in [6, 6.07) is 4.35. The summed E-state index contributed by atoms with van der Waals surface area (Å²) in [5, 5.41) is 11.0. The van der Waals surface area contributed by atoms with Gasteiger partial charge in [-0.2, -0.15) is 0 Å². The first-order valence-corrected chi connectivity index (χ1v) is 15.4. The molecule has 2 heterocycles. The van der Waals surface area contributed by atoms with Gasteiger partial charge in [-0.15, -0.1) is 0 Å². The largest absolute Gasteiger partial charge is 0.428 e. The summed E-state index contributed by atoms with van der Waals surface area (Å²) in [5.74, 6) is -2.57. The predicted molar refractivity (Wildman–Crippen MR) is 154 cm³/mol. The van der Waals surface area contributed by atoms with Crippen molar-refractivity contribution in [3.05, 3.63) is 34.4 Å². The molecule has 0 unspecified atom stereocenters. The Labute approximate surface area is 266 Å².